The van der Waals surface area contributed by atoms with E-state index in [0.29, 0.717) is 17.9 Å². The largest absolute Gasteiger partial charge is 0.294 e. The molecule has 1 heterocycles. The number of rotatable bonds is 4. The van der Waals surface area contributed by atoms with Crippen molar-refractivity contribution in [3.05, 3.63) is 59.7 Å². The van der Waals surface area contributed by atoms with Crippen molar-refractivity contribution in [2.75, 3.05) is 0 Å². The molecule has 0 aliphatic heterocycles. The summed E-state index contributed by atoms with van der Waals surface area (Å²) in [5.41, 5.74) is 2.87. The molecule has 0 radical (unpaired) electrons. The van der Waals surface area contributed by atoms with Gasteiger partial charge >= 0.3 is 0 Å². The minimum absolute atomic E-state index is 0.0490. The van der Waals surface area contributed by atoms with Crippen LogP contribution in [0, 0.1) is 0 Å². The molecule has 2 aromatic rings. The maximum atomic E-state index is 12.0. The lowest BCUT2D eigenvalue weighted by atomic mass is 9.99. The van der Waals surface area contributed by atoms with Crippen molar-refractivity contribution in [3.8, 4) is 0 Å². The molecule has 92 valence electrons. The van der Waals surface area contributed by atoms with E-state index in [2.05, 4.69) is 35.9 Å². The van der Waals surface area contributed by atoms with Gasteiger partial charge in [0.05, 0.1) is 5.56 Å². The second kappa shape index (κ2) is 5.54. The van der Waals surface area contributed by atoms with Crippen LogP contribution in [0.1, 0.15) is 41.3 Å². The fourth-order valence-corrected chi connectivity index (χ4v) is 1.75. The van der Waals surface area contributed by atoms with Crippen molar-refractivity contribution in [2.45, 2.75) is 26.2 Å². The Labute approximate surface area is 107 Å². The zero-order chi connectivity index (χ0) is 13.0. The highest BCUT2D eigenvalue weighted by atomic mass is 16.1. The number of benzene rings is 1. The first-order chi connectivity index (χ1) is 8.66. The van der Waals surface area contributed by atoms with E-state index in [4.69, 9.17) is 0 Å². The fourth-order valence-electron chi connectivity index (χ4n) is 1.75. The number of nitrogens with zero attached hydrogens (tertiary/aromatic N) is 2. The van der Waals surface area contributed by atoms with Gasteiger partial charge in [-0.3, -0.25) is 4.79 Å². The molecule has 3 nitrogen and oxygen atoms in total. The molecule has 0 N–H and O–H groups in total. The van der Waals surface area contributed by atoms with Crippen molar-refractivity contribution >= 4 is 5.78 Å². The molecule has 0 saturated heterocycles. The highest BCUT2D eigenvalue weighted by molar-refractivity contribution is 5.96. The Hall–Kier alpha value is -2.03. The number of carbonyl (C=O) groups excluding carboxylic acids is 1. The monoisotopic (exact) mass is 240 g/mol. The SMILES string of the molecule is CC(C)c1ccc(CC(=O)c2cncnc2)cc1. The van der Waals surface area contributed by atoms with Gasteiger partial charge in [0.1, 0.15) is 6.33 Å². The molecule has 3 heteroatoms. The minimum Gasteiger partial charge on any atom is -0.294 e. The molecular weight excluding hydrogens is 224 g/mol. The van der Waals surface area contributed by atoms with Crippen LogP contribution >= 0.6 is 0 Å². The van der Waals surface area contributed by atoms with E-state index in [1.807, 2.05) is 12.1 Å². The summed E-state index contributed by atoms with van der Waals surface area (Å²) < 4.78 is 0. The Morgan fingerprint density at radius 3 is 2.28 bits per heavy atom. The maximum absolute atomic E-state index is 12.0. The predicted octanol–water partition coefficient (Wildman–Crippen LogP) is 3.03. The number of carbonyl (C=O) groups is 1. The fraction of sp³-hybridized carbons (Fsp3) is 0.267. The number of hydrogen-bond donors (Lipinski definition) is 0. The Morgan fingerprint density at radius 1 is 1.11 bits per heavy atom. The van der Waals surface area contributed by atoms with Gasteiger partial charge in [-0.05, 0) is 17.0 Å². The molecule has 0 saturated carbocycles. The predicted molar refractivity (Wildman–Crippen MR) is 70.6 cm³/mol. The smallest absolute Gasteiger partial charge is 0.170 e. The van der Waals surface area contributed by atoms with Crippen LogP contribution in [0.3, 0.4) is 0 Å². The van der Waals surface area contributed by atoms with E-state index in [-0.39, 0.29) is 5.78 Å². The molecule has 18 heavy (non-hydrogen) atoms. The van der Waals surface area contributed by atoms with E-state index in [0.717, 1.165) is 5.56 Å². The molecule has 0 unspecified atom stereocenters. The molecule has 0 bridgehead atoms. The van der Waals surface area contributed by atoms with Crippen molar-refractivity contribution < 1.29 is 4.79 Å². The van der Waals surface area contributed by atoms with Gasteiger partial charge in [-0.1, -0.05) is 38.1 Å². The average molecular weight is 240 g/mol. The summed E-state index contributed by atoms with van der Waals surface area (Å²) in [4.78, 5) is 19.7. The van der Waals surface area contributed by atoms with Gasteiger partial charge in [0.15, 0.2) is 5.78 Å². The lowest BCUT2D eigenvalue weighted by molar-refractivity contribution is 0.0992. The van der Waals surface area contributed by atoms with E-state index in [1.54, 1.807) is 12.4 Å². The van der Waals surface area contributed by atoms with Gasteiger partial charge in [0, 0.05) is 18.8 Å². The van der Waals surface area contributed by atoms with Crippen LogP contribution in [0.15, 0.2) is 43.0 Å². The first kappa shape index (κ1) is 12.4. The molecular formula is C15H16N2O. The zero-order valence-electron chi connectivity index (χ0n) is 10.6. The second-order valence-electron chi connectivity index (χ2n) is 4.62. The Morgan fingerprint density at radius 2 is 1.72 bits per heavy atom. The highest BCUT2D eigenvalue weighted by Gasteiger charge is 2.07. The highest BCUT2D eigenvalue weighted by Crippen LogP contribution is 2.15. The topological polar surface area (TPSA) is 42.9 Å². The number of Topliss-reactive ketones (excluding diaryl/α,β-unsaturated/α-hetero) is 1. The van der Waals surface area contributed by atoms with E-state index in [9.17, 15) is 4.79 Å². The van der Waals surface area contributed by atoms with Gasteiger partial charge in [0.2, 0.25) is 0 Å². The Bertz CT molecular complexity index is 518. The van der Waals surface area contributed by atoms with Gasteiger partial charge in [-0.25, -0.2) is 9.97 Å². The van der Waals surface area contributed by atoms with Crippen LogP contribution in [0.2, 0.25) is 0 Å². The van der Waals surface area contributed by atoms with Crippen molar-refractivity contribution in [1.29, 1.82) is 0 Å². The number of hydrogen-bond acceptors (Lipinski definition) is 3. The van der Waals surface area contributed by atoms with Gasteiger partial charge < -0.3 is 0 Å². The molecule has 0 fully saturated rings. The van der Waals surface area contributed by atoms with Crippen LogP contribution in [0.25, 0.3) is 0 Å². The summed E-state index contributed by atoms with van der Waals surface area (Å²) >= 11 is 0. The van der Waals surface area contributed by atoms with Gasteiger partial charge in [-0.15, -0.1) is 0 Å². The third-order valence-electron chi connectivity index (χ3n) is 2.89. The van der Waals surface area contributed by atoms with Crippen LogP contribution in [0.5, 0.6) is 0 Å². The summed E-state index contributed by atoms with van der Waals surface area (Å²) in [6.07, 6.45) is 4.93. The van der Waals surface area contributed by atoms with Crippen molar-refractivity contribution in [3.63, 3.8) is 0 Å². The minimum atomic E-state index is 0.0490. The lowest BCUT2D eigenvalue weighted by Gasteiger charge is -2.06. The molecule has 0 atom stereocenters. The van der Waals surface area contributed by atoms with E-state index >= 15 is 0 Å². The normalized spacial score (nSPS) is 10.6. The molecule has 2 rings (SSSR count). The quantitative estimate of drug-likeness (QED) is 0.771. The zero-order valence-corrected chi connectivity index (χ0v) is 10.6. The Balaban J connectivity index is 2.08. The van der Waals surface area contributed by atoms with Gasteiger partial charge in [0.25, 0.3) is 0 Å². The summed E-state index contributed by atoms with van der Waals surface area (Å²) in [5, 5.41) is 0. The summed E-state index contributed by atoms with van der Waals surface area (Å²) in [6.45, 7) is 4.31. The maximum Gasteiger partial charge on any atom is 0.170 e. The molecule has 0 aliphatic rings. The molecule has 0 aliphatic carbocycles. The van der Waals surface area contributed by atoms with Crippen molar-refractivity contribution in [1.82, 2.24) is 9.97 Å². The van der Waals surface area contributed by atoms with Crippen LogP contribution in [0.4, 0.5) is 0 Å². The lowest BCUT2D eigenvalue weighted by Crippen LogP contribution is -2.04. The van der Waals surface area contributed by atoms with Crippen LogP contribution in [-0.4, -0.2) is 15.8 Å². The Kier molecular flexibility index (Phi) is 3.82. The van der Waals surface area contributed by atoms with Crippen LogP contribution < -0.4 is 0 Å². The third-order valence-corrected chi connectivity index (χ3v) is 2.89. The molecule has 1 aromatic carbocycles. The first-order valence-corrected chi connectivity index (χ1v) is 6.04. The van der Waals surface area contributed by atoms with Gasteiger partial charge in [-0.2, -0.15) is 0 Å². The molecule has 1 aromatic heterocycles. The molecule has 0 spiro atoms. The third kappa shape index (κ3) is 3.00. The molecule has 0 amide bonds. The van der Waals surface area contributed by atoms with E-state index in [1.165, 1.54) is 11.9 Å². The first-order valence-electron chi connectivity index (χ1n) is 6.04. The standard InChI is InChI=1S/C15H16N2O/c1-11(2)13-5-3-12(4-6-13)7-15(18)14-8-16-10-17-9-14/h3-6,8-11H,7H2,1-2H3. The second-order valence-corrected chi connectivity index (χ2v) is 4.62. The summed E-state index contributed by atoms with van der Waals surface area (Å²) in [6, 6.07) is 8.18. The van der Waals surface area contributed by atoms with Crippen molar-refractivity contribution in [2.24, 2.45) is 0 Å². The number of ketones is 1. The van der Waals surface area contributed by atoms with Crippen LogP contribution in [-0.2, 0) is 6.42 Å². The average Bonchev–Trinajstić information content (AvgIpc) is 2.40. The number of aromatic nitrogens is 2. The van der Waals surface area contributed by atoms with E-state index < -0.39 is 0 Å². The summed E-state index contributed by atoms with van der Waals surface area (Å²) in [5.74, 6) is 0.560. The summed E-state index contributed by atoms with van der Waals surface area (Å²) in [7, 11) is 0.